The van der Waals surface area contributed by atoms with Crippen LogP contribution >= 0.6 is 0 Å². The Morgan fingerprint density at radius 2 is 1.96 bits per heavy atom. The first kappa shape index (κ1) is 18.4. The number of hydrogen-bond acceptors (Lipinski definition) is 6. The molecule has 1 N–H and O–H groups in total. The molecule has 0 bridgehead atoms. The van der Waals surface area contributed by atoms with Gasteiger partial charge in [-0.1, -0.05) is 37.6 Å². The van der Waals surface area contributed by atoms with Gasteiger partial charge in [0.05, 0.1) is 6.20 Å². The molecule has 0 amide bonds. The molecule has 2 aromatic rings. The first-order valence-electron chi connectivity index (χ1n) is 8.52. The van der Waals surface area contributed by atoms with Gasteiger partial charge in [0.15, 0.2) is 14.9 Å². The number of sulfone groups is 1. The van der Waals surface area contributed by atoms with Gasteiger partial charge in [-0.2, -0.15) is 0 Å². The normalized spacial score (nSPS) is 16.8. The van der Waals surface area contributed by atoms with Gasteiger partial charge >= 0.3 is 0 Å². The van der Waals surface area contributed by atoms with E-state index in [0.717, 1.165) is 18.2 Å². The molecule has 1 aliphatic rings. The van der Waals surface area contributed by atoms with Gasteiger partial charge in [-0.3, -0.25) is 4.84 Å². The molecule has 1 aliphatic heterocycles. The van der Waals surface area contributed by atoms with Crippen molar-refractivity contribution in [3.05, 3.63) is 65.7 Å². The maximum absolute atomic E-state index is 11.4. The maximum Gasteiger partial charge on any atom is 0.216 e. The molecule has 6 nitrogen and oxygen atoms in total. The van der Waals surface area contributed by atoms with Crippen LogP contribution in [0.4, 0.5) is 0 Å². The fourth-order valence-electron chi connectivity index (χ4n) is 2.57. The van der Waals surface area contributed by atoms with Crippen molar-refractivity contribution in [2.75, 3.05) is 6.26 Å². The molecule has 2 heterocycles. The Bertz CT molecular complexity index is 875. The van der Waals surface area contributed by atoms with E-state index in [0.29, 0.717) is 11.6 Å². The molecule has 0 radical (unpaired) electrons. The molecule has 7 heteroatoms. The third-order valence-electron chi connectivity index (χ3n) is 4.03. The summed E-state index contributed by atoms with van der Waals surface area (Å²) >= 11 is 0. The van der Waals surface area contributed by atoms with Crippen LogP contribution in [-0.4, -0.2) is 19.7 Å². The topological polar surface area (TPSA) is 77.5 Å². The third-order valence-corrected chi connectivity index (χ3v) is 5.03. The van der Waals surface area contributed by atoms with Gasteiger partial charge in [-0.25, -0.2) is 18.9 Å². The largest absolute Gasteiger partial charge is 0.438 e. The van der Waals surface area contributed by atoms with E-state index in [9.17, 15) is 8.42 Å². The average Bonchev–Trinajstić information content (AvgIpc) is 3.08. The number of aryl methyl sites for hydroxylation is 1. The van der Waals surface area contributed by atoms with Crippen molar-refractivity contribution in [2.45, 2.75) is 37.3 Å². The number of nitrogens with one attached hydrogen (secondary N) is 1. The predicted molar refractivity (Wildman–Crippen MR) is 98.1 cm³/mol. The second-order valence-corrected chi connectivity index (χ2v) is 8.19. The van der Waals surface area contributed by atoms with Gasteiger partial charge in [0, 0.05) is 12.3 Å². The van der Waals surface area contributed by atoms with Gasteiger partial charge in [-0.15, -0.1) is 0 Å². The summed E-state index contributed by atoms with van der Waals surface area (Å²) in [6, 6.07) is 11.3. The second kappa shape index (κ2) is 7.88. The number of aromatic nitrogens is 1. The van der Waals surface area contributed by atoms with E-state index in [1.165, 1.54) is 30.7 Å². The van der Waals surface area contributed by atoms with Gasteiger partial charge < -0.3 is 4.74 Å². The number of ether oxygens (including phenoxy) is 1. The van der Waals surface area contributed by atoms with Gasteiger partial charge in [-0.05, 0) is 36.1 Å². The van der Waals surface area contributed by atoms with Crippen LogP contribution < -0.4 is 10.2 Å². The molecular formula is C19H22N2O4S. The molecule has 0 saturated carbocycles. The van der Waals surface area contributed by atoms with Crippen LogP contribution in [-0.2, 0) is 21.1 Å². The number of hydrogen-bond donors (Lipinski definition) is 1. The van der Waals surface area contributed by atoms with Gasteiger partial charge in [0.1, 0.15) is 11.9 Å². The lowest BCUT2D eigenvalue weighted by atomic mass is 10.0. The summed E-state index contributed by atoms with van der Waals surface area (Å²) < 4.78 is 28.5. The Hall–Kier alpha value is -2.38. The Morgan fingerprint density at radius 3 is 2.58 bits per heavy atom. The summed E-state index contributed by atoms with van der Waals surface area (Å²) in [6.45, 7) is 2.18. The molecule has 1 aromatic heterocycles. The Labute approximate surface area is 153 Å². The van der Waals surface area contributed by atoms with Crippen molar-refractivity contribution in [2.24, 2.45) is 0 Å². The molecule has 3 rings (SSSR count). The number of unbranched alkanes of at least 4 members (excludes halogenated alkanes) is 1. The van der Waals surface area contributed by atoms with Crippen LogP contribution in [0.15, 0.2) is 59.6 Å². The predicted octanol–water partition coefficient (Wildman–Crippen LogP) is 3.32. The zero-order chi connectivity index (χ0) is 18.6. The summed E-state index contributed by atoms with van der Waals surface area (Å²) in [5.41, 5.74) is 5.09. The van der Waals surface area contributed by atoms with Crippen molar-refractivity contribution in [3.63, 3.8) is 0 Å². The number of pyridine rings is 1. The minimum atomic E-state index is -3.32. The highest BCUT2D eigenvalue weighted by Crippen LogP contribution is 2.26. The van der Waals surface area contributed by atoms with Crippen LogP contribution in [0.5, 0.6) is 5.75 Å². The molecule has 1 atom stereocenters. The van der Waals surface area contributed by atoms with E-state index in [4.69, 9.17) is 9.57 Å². The Kier molecular flexibility index (Phi) is 5.58. The number of hydroxylamine groups is 1. The summed E-state index contributed by atoms with van der Waals surface area (Å²) in [5.74, 6) is 0.870. The zero-order valence-electron chi connectivity index (χ0n) is 14.8. The van der Waals surface area contributed by atoms with Crippen molar-refractivity contribution in [3.8, 4) is 5.75 Å². The second-order valence-electron chi connectivity index (χ2n) is 6.22. The summed E-state index contributed by atoms with van der Waals surface area (Å²) in [5, 5.41) is 0.00972. The molecule has 0 fully saturated rings. The maximum atomic E-state index is 11.4. The van der Waals surface area contributed by atoms with Crippen LogP contribution in [0, 0.1) is 0 Å². The van der Waals surface area contributed by atoms with Crippen LogP contribution in [0.2, 0.25) is 0 Å². The highest BCUT2D eigenvalue weighted by Gasteiger charge is 2.20. The first-order valence-corrected chi connectivity index (χ1v) is 10.4. The molecule has 0 spiro atoms. The highest BCUT2D eigenvalue weighted by molar-refractivity contribution is 7.90. The molecular weight excluding hydrogens is 352 g/mol. The van der Waals surface area contributed by atoms with Gasteiger partial charge in [0.2, 0.25) is 5.88 Å². The number of rotatable bonds is 7. The van der Waals surface area contributed by atoms with E-state index in [1.807, 2.05) is 6.08 Å². The summed E-state index contributed by atoms with van der Waals surface area (Å²) in [4.78, 5) is 9.43. The lowest BCUT2D eigenvalue weighted by Gasteiger charge is -2.08. The molecule has 1 aromatic carbocycles. The van der Waals surface area contributed by atoms with Crippen molar-refractivity contribution in [1.82, 2.24) is 10.5 Å². The summed E-state index contributed by atoms with van der Waals surface area (Å²) in [6.07, 6.45) is 7.52. The number of nitrogens with zero attached hydrogens (tertiary/aromatic N) is 1. The van der Waals surface area contributed by atoms with E-state index >= 15 is 0 Å². The van der Waals surface area contributed by atoms with Crippen LogP contribution in [0.25, 0.3) is 0 Å². The van der Waals surface area contributed by atoms with Crippen LogP contribution in [0.3, 0.4) is 0 Å². The Balaban J connectivity index is 1.64. The SMILES string of the molecule is CCCCc1ccc(C2C=C(Oc3ccc(S(C)(=O)=O)nc3)NO2)cc1. The third kappa shape index (κ3) is 4.62. The van der Waals surface area contributed by atoms with Gasteiger partial charge in [0.25, 0.3) is 0 Å². The molecule has 0 aliphatic carbocycles. The summed E-state index contributed by atoms with van der Waals surface area (Å²) in [7, 11) is -3.32. The smallest absolute Gasteiger partial charge is 0.216 e. The van der Waals surface area contributed by atoms with Crippen LogP contribution in [0.1, 0.15) is 37.0 Å². The fraction of sp³-hybridized carbons (Fsp3) is 0.316. The molecule has 1 unspecified atom stereocenters. The Morgan fingerprint density at radius 1 is 1.19 bits per heavy atom. The minimum absolute atomic E-state index is 0.00972. The fourth-order valence-corrected chi connectivity index (χ4v) is 3.13. The quantitative estimate of drug-likeness (QED) is 0.801. The molecule has 26 heavy (non-hydrogen) atoms. The minimum Gasteiger partial charge on any atom is -0.438 e. The van der Waals surface area contributed by atoms with E-state index in [2.05, 4.69) is 41.7 Å². The lowest BCUT2D eigenvalue weighted by molar-refractivity contribution is 0.0273. The van der Waals surface area contributed by atoms with Crippen molar-refractivity contribution >= 4 is 9.84 Å². The van der Waals surface area contributed by atoms with E-state index < -0.39 is 9.84 Å². The molecule has 138 valence electrons. The highest BCUT2D eigenvalue weighted by atomic mass is 32.2. The first-order chi connectivity index (χ1) is 12.5. The number of benzene rings is 1. The van der Waals surface area contributed by atoms with E-state index in [1.54, 1.807) is 6.07 Å². The van der Waals surface area contributed by atoms with E-state index in [-0.39, 0.29) is 11.1 Å². The monoisotopic (exact) mass is 374 g/mol. The van der Waals surface area contributed by atoms with Crippen molar-refractivity contribution < 1.29 is 18.0 Å². The standard InChI is InChI=1S/C19H22N2O4S/c1-3-4-5-14-6-8-15(9-7-14)17-12-18(21-25-17)24-16-10-11-19(20-13-16)26(2,22)23/h6-13,17,21H,3-5H2,1-2H3. The lowest BCUT2D eigenvalue weighted by Crippen LogP contribution is -2.12. The zero-order valence-corrected chi connectivity index (χ0v) is 15.6. The van der Waals surface area contributed by atoms with Crippen molar-refractivity contribution in [1.29, 1.82) is 0 Å². The average molecular weight is 374 g/mol. The molecule has 0 saturated heterocycles.